The molecule has 5 nitrogen and oxygen atoms in total. The van der Waals surface area contributed by atoms with E-state index >= 15 is 8.78 Å². The molecular formula is C25H31F2IO5S. The molecule has 0 bridgehead atoms. The Balaban J connectivity index is 1.87. The summed E-state index contributed by atoms with van der Waals surface area (Å²) in [6, 6.07) is 0. The number of esters is 1. The van der Waals surface area contributed by atoms with Gasteiger partial charge in [0, 0.05) is 29.1 Å². The average molecular weight is 608 g/mol. The fourth-order valence-electron chi connectivity index (χ4n) is 7.63. The van der Waals surface area contributed by atoms with Crippen molar-refractivity contribution in [1.29, 1.82) is 0 Å². The molecule has 4 aliphatic carbocycles. The van der Waals surface area contributed by atoms with Crippen LogP contribution in [0, 0.1) is 28.6 Å². The molecule has 0 heterocycles. The summed E-state index contributed by atoms with van der Waals surface area (Å²) in [5, 5.41) is 11.1. The largest absolute Gasteiger partial charge is 0.449 e. The number of ketones is 1. The molecule has 0 saturated heterocycles. The molecule has 188 valence electrons. The first kappa shape index (κ1) is 26.3. The van der Waals surface area contributed by atoms with Crippen LogP contribution in [0.1, 0.15) is 53.4 Å². The number of allylic oxidation sites excluding steroid dienone is 4. The second-order valence-electron chi connectivity index (χ2n) is 10.6. The maximum Gasteiger partial charge on any atom is 0.306 e. The van der Waals surface area contributed by atoms with E-state index < -0.39 is 63.9 Å². The number of thioether (sulfide) groups is 1. The Hall–Kier alpha value is -0.810. The lowest BCUT2D eigenvalue weighted by Crippen LogP contribution is -2.70. The number of carbonyl (C=O) groups is 3. The van der Waals surface area contributed by atoms with Gasteiger partial charge in [-0.25, -0.2) is 8.78 Å². The SMILES string of the molecule is CCC(=O)OC1(C(=O)SCI)C(C)CC2[C@@H]3CC(F)C4=CC(=O)C=C[C@]4(C)C3(F)[C@@H](O)C[C@@]21C. The minimum Gasteiger partial charge on any atom is -0.449 e. The maximum atomic E-state index is 17.3. The van der Waals surface area contributed by atoms with Crippen LogP contribution < -0.4 is 0 Å². The fourth-order valence-corrected chi connectivity index (χ4v) is 9.26. The van der Waals surface area contributed by atoms with Crippen LogP contribution >= 0.6 is 34.4 Å². The van der Waals surface area contributed by atoms with Crippen LogP contribution in [0.3, 0.4) is 0 Å². The first-order valence-electron chi connectivity index (χ1n) is 11.7. The third kappa shape index (κ3) is 3.20. The van der Waals surface area contributed by atoms with Crippen LogP contribution in [0.15, 0.2) is 23.8 Å². The Morgan fingerprint density at radius 1 is 1.29 bits per heavy atom. The van der Waals surface area contributed by atoms with E-state index in [1.165, 1.54) is 12.2 Å². The van der Waals surface area contributed by atoms with E-state index in [1.807, 2.05) is 6.92 Å². The van der Waals surface area contributed by atoms with Gasteiger partial charge in [-0.15, -0.1) is 0 Å². The average Bonchev–Trinajstić information content (AvgIpc) is 2.99. The predicted octanol–water partition coefficient (Wildman–Crippen LogP) is 4.90. The number of aliphatic hydroxyl groups is 1. The summed E-state index contributed by atoms with van der Waals surface area (Å²) < 4.78 is 39.3. The molecule has 0 amide bonds. The van der Waals surface area contributed by atoms with Gasteiger partial charge in [0.2, 0.25) is 5.12 Å². The number of carbonyl (C=O) groups excluding carboxylic acids is 3. The number of halogens is 3. The predicted molar refractivity (Wildman–Crippen MR) is 134 cm³/mol. The van der Waals surface area contributed by atoms with Crippen molar-refractivity contribution in [3.05, 3.63) is 23.8 Å². The van der Waals surface area contributed by atoms with Gasteiger partial charge in [-0.1, -0.05) is 61.2 Å². The summed E-state index contributed by atoms with van der Waals surface area (Å²) in [4.78, 5) is 38.1. The highest BCUT2D eigenvalue weighted by Gasteiger charge is 2.78. The monoisotopic (exact) mass is 608 g/mol. The Labute approximate surface area is 216 Å². The molecule has 1 N–H and O–H groups in total. The number of hydrogen-bond donors (Lipinski definition) is 1. The van der Waals surface area contributed by atoms with Crippen LogP contribution in [-0.4, -0.2) is 49.3 Å². The van der Waals surface area contributed by atoms with Gasteiger partial charge in [0.15, 0.2) is 17.1 Å². The first-order valence-corrected chi connectivity index (χ1v) is 14.3. The maximum absolute atomic E-state index is 17.3. The summed E-state index contributed by atoms with van der Waals surface area (Å²) in [6.45, 7) is 6.81. The lowest BCUT2D eigenvalue weighted by atomic mass is 9.44. The third-order valence-corrected chi connectivity index (χ3v) is 10.8. The number of ether oxygens (including phenoxy) is 1. The second kappa shape index (κ2) is 8.64. The number of alkyl halides is 3. The smallest absolute Gasteiger partial charge is 0.306 e. The van der Waals surface area contributed by atoms with Gasteiger partial charge in [-0.2, -0.15) is 0 Å². The zero-order chi connectivity index (χ0) is 25.3. The molecule has 9 heteroatoms. The minimum atomic E-state index is -2.23. The van der Waals surface area contributed by atoms with E-state index in [2.05, 4.69) is 22.6 Å². The van der Waals surface area contributed by atoms with Gasteiger partial charge >= 0.3 is 5.97 Å². The van der Waals surface area contributed by atoms with Gasteiger partial charge in [0.25, 0.3) is 0 Å². The molecule has 3 saturated carbocycles. The summed E-state index contributed by atoms with van der Waals surface area (Å²) in [5.74, 6) is -2.77. The Bertz CT molecular complexity index is 986. The highest BCUT2D eigenvalue weighted by atomic mass is 127. The summed E-state index contributed by atoms with van der Waals surface area (Å²) in [7, 11) is 0. The van der Waals surface area contributed by atoms with Crippen LogP contribution in [-0.2, 0) is 19.1 Å². The van der Waals surface area contributed by atoms with Crippen molar-refractivity contribution in [1.82, 2.24) is 0 Å². The molecule has 0 aromatic rings. The lowest BCUT2D eigenvalue weighted by Gasteiger charge is -2.63. The second-order valence-corrected chi connectivity index (χ2v) is 13.3. The van der Waals surface area contributed by atoms with Gasteiger partial charge in [0.05, 0.1) is 9.86 Å². The van der Waals surface area contributed by atoms with Gasteiger partial charge < -0.3 is 9.84 Å². The van der Waals surface area contributed by atoms with E-state index in [0.29, 0.717) is 10.2 Å². The van der Waals surface area contributed by atoms with Crippen LogP contribution in [0.5, 0.6) is 0 Å². The zero-order valence-corrected chi connectivity index (χ0v) is 22.8. The summed E-state index contributed by atoms with van der Waals surface area (Å²) in [6.07, 6.45) is 0.845. The molecule has 9 atom stereocenters. The Morgan fingerprint density at radius 3 is 2.59 bits per heavy atom. The van der Waals surface area contributed by atoms with E-state index in [1.54, 1.807) is 20.8 Å². The van der Waals surface area contributed by atoms with Crippen molar-refractivity contribution in [3.8, 4) is 0 Å². The number of fused-ring (bicyclic) bond motifs is 5. The van der Waals surface area contributed by atoms with Crippen molar-refractivity contribution in [2.24, 2.45) is 28.6 Å². The van der Waals surface area contributed by atoms with Crippen molar-refractivity contribution in [2.45, 2.75) is 76.9 Å². The molecule has 34 heavy (non-hydrogen) atoms. The molecule has 4 rings (SSSR count). The van der Waals surface area contributed by atoms with Gasteiger partial charge in [-0.05, 0) is 49.8 Å². The standard InChI is InChI=1S/C25H31F2IO5S/c1-5-20(31)33-25(21(32)34-12-28)13(2)8-15-16-10-18(26)17-9-14(29)6-7-22(17,3)24(16,27)19(30)11-23(15,25)4/h6-7,9,13,15-16,18-19,30H,5,8,10-12H2,1-4H3/t13?,15?,16-,18?,19-,22-,23-,24?,25?/m0/s1. The van der Waals surface area contributed by atoms with Crippen LogP contribution in [0.25, 0.3) is 0 Å². The number of aliphatic hydroxyl groups excluding tert-OH is 1. The molecule has 0 radical (unpaired) electrons. The molecule has 0 aromatic heterocycles. The van der Waals surface area contributed by atoms with Crippen LogP contribution in [0.4, 0.5) is 8.78 Å². The van der Waals surface area contributed by atoms with Crippen molar-refractivity contribution < 1.29 is 33.0 Å². The third-order valence-electron chi connectivity index (χ3n) is 9.22. The highest BCUT2D eigenvalue weighted by Crippen LogP contribution is 2.72. The van der Waals surface area contributed by atoms with Gasteiger partial charge in [0.1, 0.15) is 6.17 Å². The molecule has 5 unspecified atom stereocenters. The lowest BCUT2D eigenvalue weighted by molar-refractivity contribution is -0.228. The molecule has 0 aromatic carbocycles. The number of hydrogen-bond acceptors (Lipinski definition) is 6. The van der Waals surface area contributed by atoms with E-state index in [4.69, 9.17) is 4.74 Å². The molecular weight excluding hydrogens is 577 g/mol. The molecule has 0 aliphatic heterocycles. The molecule has 4 aliphatic rings. The Kier molecular flexibility index (Phi) is 6.68. The quantitative estimate of drug-likeness (QED) is 0.278. The van der Waals surface area contributed by atoms with Gasteiger partial charge in [-0.3, -0.25) is 14.4 Å². The molecule has 3 fully saturated rings. The van der Waals surface area contributed by atoms with Crippen molar-refractivity contribution in [3.63, 3.8) is 0 Å². The molecule has 0 spiro atoms. The van der Waals surface area contributed by atoms with Crippen molar-refractivity contribution >= 4 is 51.2 Å². The van der Waals surface area contributed by atoms with E-state index in [0.717, 1.165) is 17.8 Å². The normalized spacial score (nSPS) is 47.4. The summed E-state index contributed by atoms with van der Waals surface area (Å²) in [5.41, 5.74) is -6.26. The van der Waals surface area contributed by atoms with Crippen LogP contribution in [0.2, 0.25) is 0 Å². The fraction of sp³-hybridized carbons (Fsp3) is 0.720. The Morgan fingerprint density at radius 2 is 1.97 bits per heavy atom. The summed E-state index contributed by atoms with van der Waals surface area (Å²) >= 11 is 3.11. The minimum absolute atomic E-state index is 0.0627. The van der Waals surface area contributed by atoms with Crippen molar-refractivity contribution in [2.75, 3.05) is 3.76 Å². The van der Waals surface area contributed by atoms with E-state index in [-0.39, 0.29) is 30.0 Å². The first-order chi connectivity index (χ1) is 15.8. The highest BCUT2D eigenvalue weighted by molar-refractivity contribution is 14.1. The topological polar surface area (TPSA) is 80.7 Å². The number of rotatable bonds is 4. The van der Waals surface area contributed by atoms with E-state index in [9.17, 15) is 19.5 Å². The zero-order valence-electron chi connectivity index (χ0n) is 19.8.